The highest BCUT2D eigenvalue weighted by Crippen LogP contribution is 2.43. The number of hydrogen-bond acceptors (Lipinski definition) is 4. The lowest BCUT2D eigenvalue weighted by molar-refractivity contribution is 0.890. The third kappa shape index (κ3) is 3.61. The van der Waals surface area contributed by atoms with Gasteiger partial charge in [0.05, 0.1) is 0 Å². The van der Waals surface area contributed by atoms with Gasteiger partial charge in [-0.25, -0.2) is 0 Å². The van der Waals surface area contributed by atoms with Gasteiger partial charge in [-0.15, -0.1) is 45.3 Å². The Morgan fingerprint density at radius 1 is 0.423 bits per heavy atom. The molecule has 0 aliphatic carbocycles. The molecule has 0 nitrogen and oxygen atoms in total. The quantitative estimate of drug-likeness (QED) is 0.305. The van der Waals surface area contributed by atoms with Crippen LogP contribution in [-0.2, 0) is 0 Å². The summed E-state index contributed by atoms with van der Waals surface area (Å²) in [6.07, 6.45) is 0. The minimum Gasteiger partial charge on any atom is -0.139 e. The average molecular weight is 415 g/mol. The van der Waals surface area contributed by atoms with Crippen molar-refractivity contribution in [2.75, 3.05) is 0 Å². The molecule has 0 aromatic carbocycles. The topological polar surface area (TPSA) is 0 Å². The zero-order valence-electron chi connectivity index (χ0n) is 15.4. The highest BCUT2D eigenvalue weighted by atomic mass is 32.1. The van der Waals surface area contributed by atoms with Crippen molar-refractivity contribution in [1.29, 1.82) is 0 Å². The normalized spacial score (nSPS) is 11.8. The Bertz CT molecular complexity index is 924. The van der Waals surface area contributed by atoms with Gasteiger partial charge in [-0.1, -0.05) is 27.7 Å². The van der Waals surface area contributed by atoms with Crippen LogP contribution in [0.3, 0.4) is 0 Å². The first-order valence-electron chi connectivity index (χ1n) is 8.91. The Balaban J connectivity index is 1.58. The molecule has 0 saturated carbocycles. The lowest BCUT2D eigenvalue weighted by atomic mass is 10.2. The van der Waals surface area contributed by atoms with Crippen LogP contribution in [0.25, 0.3) is 29.3 Å². The molecule has 4 aromatic heterocycles. The molecule has 0 N–H and O–H groups in total. The molecule has 4 heteroatoms. The predicted molar refractivity (Wildman–Crippen MR) is 122 cm³/mol. The fraction of sp³-hybridized carbons (Fsp3) is 0.273. The molecule has 0 aliphatic heterocycles. The molecule has 0 bridgehead atoms. The van der Waals surface area contributed by atoms with Crippen molar-refractivity contribution in [3.63, 3.8) is 0 Å². The van der Waals surface area contributed by atoms with E-state index in [1.165, 1.54) is 39.0 Å². The van der Waals surface area contributed by atoms with E-state index in [1.54, 1.807) is 0 Å². The van der Waals surface area contributed by atoms with Gasteiger partial charge in [0.1, 0.15) is 0 Å². The monoisotopic (exact) mass is 414 g/mol. The van der Waals surface area contributed by atoms with E-state index in [9.17, 15) is 0 Å². The van der Waals surface area contributed by atoms with Crippen molar-refractivity contribution in [1.82, 2.24) is 0 Å². The van der Waals surface area contributed by atoms with Gasteiger partial charge in [0.25, 0.3) is 0 Å². The highest BCUT2D eigenvalue weighted by Gasteiger charge is 2.12. The molecule has 0 fully saturated rings. The first-order chi connectivity index (χ1) is 12.5. The number of rotatable bonds is 5. The van der Waals surface area contributed by atoms with Crippen molar-refractivity contribution in [2.45, 2.75) is 39.5 Å². The van der Waals surface area contributed by atoms with E-state index in [2.05, 4.69) is 76.2 Å². The van der Waals surface area contributed by atoms with E-state index in [0.29, 0.717) is 11.8 Å². The summed E-state index contributed by atoms with van der Waals surface area (Å²) in [5, 5.41) is 0. The Labute approximate surface area is 171 Å². The molecule has 0 aliphatic rings. The van der Waals surface area contributed by atoms with Gasteiger partial charge < -0.3 is 0 Å². The third-order valence-corrected chi connectivity index (χ3v) is 9.86. The Morgan fingerprint density at radius 3 is 0.962 bits per heavy atom. The van der Waals surface area contributed by atoms with Crippen LogP contribution in [0.4, 0.5) is 0 Å². The van der Waals surface area contributed by atoms with Crippen LogP contribution in [0.2, 0.25) is 0 Å². The molecule has 4 heterocycles. The molecule has 4 aromatic rings. The fourth-order valence-corrected chi connectivity index (χ4v) is 7.10. The lowest BCUT2D eigenvalue weighted by Gasteiger charge is -1.97. The molecule has 0 saturated heterocycles. The van der Waals surface area contributed by atoms with Crippen LogP contribution in [0.5, 0.6) is 0 Å². The van der Waals surface area contributed by atoms with Gasteiger partial charge in [0.2, 0.25) is 0 Å². The van der Waals surface area contributed by atoms with Gasteiger partial charge >= 0.3 is 0 Å². The lowest BCUT2D eigenvalue weighted by Crippen LogP contribution is -1.77. The van der Waals surface area contributed by atoms with Gasteiger partial charge in [0, 0.05) is 39.0 Å². The maximum absolute atomic E-state index is 2.28. The molecule has 26 heavy (non-hydrogen) atoms. The van der Waals surface area contributed by atoms with Crippen LogP contribution < -0.4 is 0 Å². The van der Waals surface area contributed by atoms with Crippen molar-refractivity contribution in [3.8, 4) is 29.3 Å². The summed E-state index contributed by atoms with van der Waals surface area (Å²) in [4.78, 5) is 11.2. The largest absolute Gasteiger partial charge is 0.139 e. The second-order valence-electron chi connectivity index (χ2n) is 7.04. The number of hydrogen-bond donors (Lipinski definition) is 0. The summed E-state index contributed by atoms with van der Waals surface area (Å²) in [5.41, 5.74) is 0. The Morgan fingerprint density at radius 2 is 0.692 bits per heavy atom. The summed E-state index contributed by atoms with van der Waals surface area (Å²) < 4.78 is 0. The first kappa shape index (κ1) is 18.2. The van der Waals surface area contributed by atoms with Crippen molar-refractivity contribution >= 4 is 45.3 Å². The van der Waals surface area contributed by atoms with E-state index >= 15 is 0 Å². The minimum atomic E-state index is 0.606. The molecule has 0 atom stereocenters. The van der Waals surface area contributed by atoms with Gasteiger partial charge in [0.15, 0.2) is 0 Å². The maximum atomic E-state index is 2.28. The Kier molecular flexibility index (Phi) is 5.20. The van der Waals surface area contributed by atoms with Crippen molar-refractivity contribution < 1.29 is 0 Å². The van der Waals surface area contributed by atoms with Gasteiger partial charge in [-0.3, -0.25) is 0 Å². The standard InChI is InChI=1S/C22H22S4/c1-13(2)15-5-7-17(23-15)19-9-11-21(25-19)22-12-10-20(26-22)18-8-6-16(24-18)14(3)4/h5-14H,1-4H3. The third-order valence-electron chi connectivity index (χ3n) is 4.33. The molecular weight excluding hydrogens is 393 g/mol. The predicted octanol–water partition coefficient (Wildman–Crippen LogP) is 9.18. The molecule has 134 valence electrons. The molecule has 4 rings (SSSR count). The second-order valence-corrected chi connectivity index (χ2v) is 11.4. The molecule has 0 unspecified atom stereocenters. The maximum Gasteiger partial charge on any atom is 0.0449 e. The van der Waals surface area contributed by atoms with E-state index in [4.69, 9.17) is 0 Å². The zero-order valence-corrected chi connectivity index (χ0v) is 18.7. The summed E-state index contributed by atoms with van der Waals surface area (Å²) in [7, 11) is 0. The summed E-state index contributed by atoms with van der Waals surface area (Å²) in [6, 6.07) is 18.2. The zero-order chi connectivity index (χ0) is 18.3. The molecule has 0 spiro atoms. The van der Waals surface area contributed by atoms with E-state index in [0.717, 1.165) is 0 Å². The summed E-state index contributed by atoms with van der Waals surface area (Å²) in [5.74, 6) is 1.21. The highest BCUT2D eigenvalue weighted by molar-refractivity contribution is 7.28. The van der Waals surface area contributed by atoms with E-state index < -0.39 is 0 Å². The van der Waals surface area contributed by atoms with Gasteiger partial charge in [-0.2, -0.15) is 0 Å². The second kappa shape index (κ2) is 7.43. The van der Waals surface area contributed by atoms with Crippen LogP contribution in [0, 0.1) is 0 Å². The fourth-order valence-electron chi connectivity index (χ4n) is 2.80. The molecule has 0 radical (unpaired) electrons. The van der Waals surface area contributed by atoms with E-state index in [-0.39, 0.29) is 0 Å². The summed E-state index contributed by atoms with van der Waals surface area (Å²) >= 11 is 7.67. The van der Waals surface area contributed by atoms with Crippen LogP contribution in [0.1, 0.15) is 49.3 Å². The number of thiophene rings is 4. The van der Waals surface area contributed by atoms with Crippen molar-refractivity contribution in [2.24, 2.45) is 0 Å². The van der Waals surface area contributed by atoms with E-state index in [1.807, 2.05) is 45.3 Å². The minimum absolute atomic E-state index is 0.606. The molecule has 0 amide bonds. The summed E-state index contributed by atoms with van der Waals surface area (Å²) in [6.45, 7) is 9.05. The first-order valence-corrected chi connectivity index (χ1v) is 12.2. The van der Waals surface area contributed by atoms with Crippen LogP contribution in [0.15, 0.2) is 48.5 Å². The smallest absolute Gasteiger partial charge is 0.0449 e. The van der Waals surface area contributed by atoms with Crippen LogP contribution >= 0.6 is 45.3 Å². The Hall–Kier alpha value is -1.20. The van der Waals surface area contributed by atoms with Gasteiger partial charge in [-0.05, 0) is 60.4 Å². The van der Waals surface area contributed by atoms with Crippen LogP contribution in [-0.4, -0.2) is 0 Å². The average Bonchev–Trinajstić information content (AvgIpc) is 3.40. The van der Waals surface area contributed by atoms with Crippen molar-refractivity contribution in [3.05, 3.63) is 58.3 Å². The SMILES string of the molecule is CC(C)c1ccc(-c2ccc(-c3ccc(-c4ccc(C(C)C)s4)s3)s2)s1. The molecular formula is C22H22S4.